The van der Waals surface area contributed by atoms with Crippen LogP contribution in [0.15, 0.2) is 24.3 Å². The van der Waals surface area contributed by atoms with E-state index in [4.69, 9.17) is 5.73 Å². The van der Waals surface area contributed by atoms with Crippen LogP contribution >= 0.6 is 12.4 Å². The molecule has 0 heterocycles. The lowest BCUT2D eigenvalue weighted by atomic mass is 10.0. The smallest absolute Gasteiger partial charge is 0.352 e. The summed E-state index contributed by atoms with van der Waals surface area (Å²) < 4.78 is 38.7. The van der Waals surface area contributed by atoms with Gasteiger partial charge in [0.1, 0.15) is 0 Å². The van der Waals surface area contributed by atoms with Gasteiger partial charge in [-0.3, -0.25) is 4.79 Å². The molecule has 3 unspecified atom stereocenters. The Hall–Kier alpha value is -1.27. The molecule has 3 nitrogen and oxygen atoms in total. The second kappa shape index (κ2) is 6.66. The molecule has 0 spiro atoms. The summed E-state index contributed by atoms with van der Waals surface area (Å²) in [5.41, 5.74) is 5.02. The standard InChI is InChI=1S/C14H17F3N2O.ClH/c1-8(7-18)13(20)19-12-6-10(12)9-4-2-3-5-11(9)14(15,16)17;/h2-5,8,10,12H,6-7,18H2,1H3,(H,19,20);1H. The van der Waals surface area contributed by atoms with Crippen LogP contribution in [0, 0.1) is 5.92 Å². The summed E-state index contributed by atoms with van der Waals surface area (Å²) in [6, 6.07) is 5.30. The lowest BCUT2D eigenvalue weighted by molar-refractivity contribution is -0.138. The molecule has 2 rings (SSSR count). The number of carbonyl (C=O) groups is 1. The van der Waals surface area contributed by atoms with Crippen LogP contribution in [0.5, 0.6) is 0 Å². The quantitative estimate of drug-likeness (QED) is 0.895. The van der Waals surface area contributed by atoms with Crippen LogP contribution in [0.25, 0.3) is 0 Å². The molecule has 0 aromatic heterocycles. The van der Waals surface area contributed by atoms with Crippen molar-refractivity contribution in [1.82, 2.24) is 5.32 Å². The maximum absolute atomic E-state index is 12.9. The number of halogens is 4. The van der Waals surface area contributed by atoms with Gasteiger partial charge in [0.05, 0.1) is 5.56 Å². The van der Waals surface area contributed by atoms with Gasteiger partial charge in [-0.1, -0.05) is 25.1 Å². The number of hydrogen-bond acceptors (Lipinski definition) is 2. The van der Waals surface area contributed by atoms with Crippen molar-refractivity contribution in [1.29, 1.82) is 0 Å². The minimum absolute atomic E-state index is 0. The number of hydrogen-bond donors (Lipinski definition) is 2. The molecule has 3 atom stereocenters. The lowest BCUT2D eigenvalue weighted by Crippen LogP contribution is -2.35. The van der Waals surface area contributed by atoms with Crippen molar-refractivity contribution >= 4 is 18.3 Å². The number of nitrogens with two attached hydrogens (primary N) is 1. The molecular formula is C14H18ClF3N2O. The molecule has 1 amide bonds. The molecule has 1 aliphatic carbocycles. The van der Waals surface area contributed by atoms with E-state index in [1.807, 2.05) is 0 Å². The zero-order valence-electron chi connectivity index (χ0n) is 11.5. The Morgan fingerprint density at radius 1 is 1.43 bits per heavy atom. The van der Waals surface area contributed by atoms with Gasteiger partial charge in [0.2, 0.25) is 5.91 Å². The fourth-order valence-electron chi connectivity index (χ4n) is 2.21. The van der Waals surface area contributed by atoms with E-state index in [0.29, 0.717) is 6.42 Å². The van der Waals surface area contributed by atoms with Gasteiger partial charge in [-0.2, -0.15) is 13.2 Å². The Morgan fingerprint density at radius 3 is 2.62 bits per heavy atom. The minimum atomic E-state index is -4.36. The predicted octanol–water partition coefficient (Wildman–Crippen LogP) is 2.69. The Bertz CT molecular complexity index is 507. The highest BCUT2D eigenvalue weighted by molar-refractivity contribution is 5.85. The van der Waals surface area contributed by atoms with Gasteiger partial charge in [-0.15, -0.1) is 12.4 Å². The first kappa shape index (κ1) is 17.8. The molecule has 1 aliphatic rings. The molecule has 0 aliphatic heterocycles. The van der Waals surface area contributed by atoms with Crippen molar-refractivity contribution in [2.75, 3.05) is 6.54 Å². The molecule has 1 aromatic rings. The summed E-state index contributed by atoms with van der Waals surface area (Å²) in [6.45, 7) is 1.92. The van der Waals surface area contributed by atoms with E-state index in [9.17, 15) is 18.0 Å². The van der Waals surface area contributed by atoms with E-state index in [-0.39, 0.29) is 48.3 Å². The van der Waals surface area contributed by atoms with Crippen LogP contribution in [-0.4, -0.2) is 18.5 Å². The van der Waals surface area contributed by atoms with Gasteiger partial charge >= 0.3 is 6.18 Å². The van der Waals surface area contributed by atoms with Gasteiger partial charge in [0.25, 0.3) is 0 Å². The molecule has 0 saturated heterocycles. The number of nitrogens with one attached hydrogen (secondary N) is 1. The van der Waals surface area contributed by atoms with Crippen molar-refractivity contribution in [2.45, 2.75) is 31.5 Å². The van der Waals surface area contributed by atoms with Crippen LogP contribution in [0.3, 0.4) is 0 Å². The van der Waals surface area contributed by atoms with Crippen molar-refractivity contribution in [3.05, 3.63) is 35.4 Å². The molecule has 1 fully saturated rings. The molecule has 1 aromatic carbocycles. The Balaban J connectivity index is 0.00000220. The van der Waals surface area contributed by atoms with E-state index >= 15 is 0 Å². The predicted molar refractivity (Wildman–Crippen MR) is 76.2 cm³/mol. The largest absolute Gasteiger partial charge is 0.416 e. The highest BCUT2D eigenvalue weighted by Crippen LogP contribution is 2.46. The molecule has 21 heavy (non-hydrogen) atoms. The van der Waals surface area contributed by atoms with Gasteiger partial charge in [0, 0.05) is 24.4 Å². The van der Waals surface area contributed by atoms with E-state index in [1.165, 1.54) is 12.1 Å². The first-order valence-corrected chi connectivity index (χ1v) is 6.51. The first-order chi connectivity index (χ1) is 9.34. The highest BCUT2D eigenvalue weighted by Gasteiger charge is 2.45. The van der Waals surface area contributed by atoms with E-state index in [1.54, 1.807) is 13.0 Å². The number of rotatable bonds is 4. The summed E-state index contributed by atoms with van der Waals surface area (Å²) in [5.74, 6) is -0.791. The minimum Gasteiger partial charge on any atom is -0.352 e. The zero-order valence-corrected chi connectivity index (χ0v) is 12.3. The van der Waals surface area contributed by atoms with Crippen molar-refractivity contribution in [2.24, 2.45) is 11.7 Å². The van der Waals surface area contributed by atoms with Crippen molar-refractivity contribution in [3.63, 3.8) is 0 Å². The Morgan fingerprint density at radius 2 is 2.05 bits per heavy atom. The maximum Gasteiger partial charge on any atom is 0.416 e. The zero-order chi connectivity index (χ0) is 14.9. The number of carbonyl (C=O) groups excluding carboxylic acids is 1. The molecular weight excluding hydrogens is 305 g/mol. The average Bonchev–Trinajstić information content (AvgIpc) is 3.15. The monoisotopic (exact) mass is 322 g/mol. The fraction of sp³-hybridized carbons (Fsp3) is 0.500. The summed E-state index contributed by atoms with van der Waals surface area (Å²) in [5, 5.41) is 2.75. The summed E-state index contributed by atoms with van der Waals surface area (Å²) in [4.78, 5) is 11.7. The van der Waals surface area contributed by atoms with Gasteiger partial charge < -0.3 is 11.1 Å². The highest BCUT2D eigenvalue weighted by atomic mass is 35.5. The molecule has 3 N–H and O–H groups in total. The fourth-order valence-corrected chi connectivity index (χ4v) is 2.21. The van der Waals surface area contributed by atoms with E-state index in [2.05, 4.69) is 5.32 Å². The van der Waals surface area contributed by atoms with Crippen LogP contribution in [0.2, 0.25) is 0 Å². The third-order valence-corrected chi connectivity index (χ3v) is 3.58. The second-order valence-electron chi connectivity index (χ2n) is 5.18. The molecule has 0 bridgehead atoms. The average molecular weight is 323 g/mol. The lowest BCUT2D eigenvalue weighted by Gasteiger charge is -2.13. The normalized spacial score (nSPS) is 22.1. The number of benzene rings is 1. The van der Waals surface area contributed by atoms with Crippen LogP contribution in [-0.2, 0) is 11.0 Å². The third kappa shape index (κ3) is 4.11. The molecule has 1 saturated carbocycles. The molecule has 118 valence electrons. The number of alkyl halides is 3. The third-order valence-electron chi connectivity index (χ3n) is 3.58. The number of amides is 1. The van der Waals surface area contributed by atoms with Gasteiger partial charge in [0.15, 0.2) is 0 Å². The maximum atomic E-state index is 12.9. The Kier molecular flexibility index (Phi) is 5.64. The van der Waals surface area contributed by atoms with Crippen molar-refractivity contribution in [3.8, 4) is 0 Å². The van der Waals surface area contributed by atoms with E-state index < -0.39 is 11.7 Å². The topological polar surface area (TPSA) is 55.1 Å². The molecule has 0 radical (unpaired) electrons. The second-order valence-corrected chi connectivity index (χ2v) is 5.18. The molecule has 7 heteroatoms. The Labute approximate surface area is 127 Å². The van der Waals surface area contributed by atoms with Gasteiger partial charge in [-0.05, 0) is 18.1 Å². The first-order valence-electron chi connectivity index (χ1n) is 6.51. The summed E-state index contributed by atoms with van der Waals surface area (Å²) in [6.07, 6.45) is -3.82. The summed E-state index contributed by atoms with van der Waals surface area (Å²) in [7, 11) is 0. The van der Waals surface area contributed by atoms with Crippen LogP contribution in [0.4, 0.5) is 13.2 Å². The van der Waals surface area contributed by atoms with Crippen LogP contribution in [0.1, 0.15) is 30.4 Å². The van der Waals surface area contributed by atoms with Crippen LogP contribution < -0.4 is 11.1 Å². The summed E-state index contributed by atoms with van der Waals surface area (Å²) >= 11 is 0. The van der Waals surface area contributed by atoms with E-state index in [0.717, 1.165) is 6.07 Å². The SMILES string of the molecule is CC(CN)C(=O)NC1CC1c1ccccc1C(F)(F)F.Cl. The van der Waals surface area contributed by atoms with Gasteiger partial charge in [-0.25, -0.2) is 0 Å². The van der Waals surface area contributed by atoms with Crippen molar-refractivity contribution < 1.29 is 18.0 Å².